The molecule has 192 valence electrons. The number of nitrogens with one attached hydrogen (secondary N) is 3. The van der Waals surface area contributed by atoms with Crippen molar-refractivity contribution in [3.63, 3.8) is 0 Å². The Bertz CT molecular complexity index is 1440. The van der Waals surface area contributed by atoms with E-state index in [-0.39, 0.29) is 17.3 Å². The number of hydrogen-bond donors (Lipinski definition) is 3. The molecule has 1 heterocycles. The molecule has 3 aromatic carbocycles. The molecule has 0 saturated heterocycles. The number of hydrogen-bond acceptors (Lipinski definition) is 6. The molecule has 4 aromatic rings. The second-order valence-electron chi connectivity index (χ2n) is 7.90. The van der Waals surface area contributed by atoms with E-state index in [1.54, 1.807) is 43.5 Å². The molecule has 0 saturated carbocycles. The van der Waals surface area contributed by atoms with E-state index in [2.05, 4.69) is 15.4 Å². The van der Waals surface area contributed by atoms with Crippen LogP contribution in [0.25, 0.3) is 10.4 Å². The zero-order chi connectivity index (χ0) is 26.1. The molecule has 1 aromatic heterocycles. The minimum absolute atomic E-state index is 0.0396. The van der Waals surface area contributed by atoms with Crippen LogP contribution in [0.15, 0.2) is 95.2 Å². The first-order valence-corrected chi connectivity index (χ1v) is 13.8. The molecular weight excluding hydrogens is 510 g/mol. The Morgan fingerprint density at radius 1 is 0.892 bits per heavy atom. The van der Waals surface area contributed by atoms with Gasteiger partial charge < -0.3 is 20.1 Å². The predicted octanol–water partition coefficient (Wildman–Crippen LogP) is 5.10. The zero-order valence-electron chi connectivity index (χ0n) is 20.1. The normalized spacial score (nSPS) is 11.1. The first-order chi connectivity index (χ1) is 17.9. The van der Waals surface area contributed by atoms with Gasteiger partial charge in [-0.1, -0.05) is 48.5 Å². The maximum absolute atomic E-state index is 12.8. The highest BCUT2D eigenvalue weighted by Crippen LogP contribution is 2.36. The molecule has 8 nitrogen and oxygen atoms in total. The topological polar surface area (TPSA) is 106 Å². The number of sulfonamides is 1. The van der Waals surface area contributed by atoms with Gasteiger partial charge in [-0.15, -0.1) is 11.3 Å². The van der Waals surface area contributed by atoms with Gasteiger partial charge in [-0.2, -0.15) is 0 Å². The molecule has 0 unspecified atom stereocenters. The maximum Gasteiger partial charge on any atom is 0.319 e. The Balaban J connectivity index is 1.31. The number of carbonyl (C=O) groups excluding carboxylic acids is 1. The highest BCUT2D eigenvalue weighted by Gasteiger charge is 2.18. The third-order valence-corrected chi connectivity index (χ3v) is 8.34. The molecule has 0 bridgehead atoms. The molecule has 4 rings (SSSR count). The lowest BCUT2D eigenvalue weighted by atomic mass is 10.1. The smallest absolute Gasteiger partial charge is 0.319 e. The number of anilines is 1. The van der Waals surface area contributed by atoms with Crippen LogP contribution < -0.4 is 24.8 Å². The van der Waals surface area contributed by atoms with E-state index in [1.807, 2.05) is 54.6 Å². The van der Waals surface area contributed by atoms with Gasteiger partial charge in [-0.3, -0.25) is 0 Å². The number of rotatable bonds is 11. The Labute approximate surface area is 220 Å². The quantitative estimate of drug-likeness (QED) is 0.231. The number of benzene rings is 3. The molecule has 0 aliphatic heterocycles. The van der Waals surface area contributed by atoms with Gasteiger partial charge in [0.15, 0.2) is 0 Å². The van der Waals surface area contributed by atoms with E-state index in [1.165, 1.54) is 0 Å². The summed E-state index contributed by atoms with van der Waals surface area (Å²) in [7, 11) is -2.20. The number of ether oxygens (including phenoxy) is 2. The number of urea groups is 1. The van der Waals surface area contributed by atoms with Gasteiger partial charge in [0.1, 0.15) is 22.3 Å². The summed E-state index contributed by atoms with van der Waals surface area (Å²) in [6, 6.07) is 27.2. The fourth-order valence-corrected chi connectivity index (χ4v) is 5.86. The van der Waals surface area contributed by atoms with Crippen molar-refractivity contribution >= 4 is 33.1 Å². The predicted molar refractivity (Wildman–Crippen MR) is 146 cm³/mol. The molecule has 0 spiro atoms. The zero-order valence-corrected chi connectivity index (χ0v) is 21.8. The van der Waals surface area contributed by atoms with E-state index < -0.39 is 16.1 Å². The molecule has 10 heteroatoms. The van der Waals surface area contributed by atoms with Crippen molar-refractivity contribution in [1.82, 2.24) is 10.0 Å². The van der Waals surface area contributed by atoms with Crippen LogP contribution in [0.4, 0.5) is 10.5 Å². The molecule has 3 N–H and O–H groups in total. The molecular formula is C27H27N3O5S2. The third kappa shape index (κ3) is 7.32. The summed E-state index contributed by atoms with van der Waals surface area (Å²) in [5, 5.41) is 5.30. The fraction of sp³-hybridized carbons (Fsp3) is 0.148. The number of carbonyl (C=O) groups is 1. The first-order valence-electron chi connectivity index (χ1n) is 11.5. The van der Waals surface area contributed by atoms with E-state index in [9.17, 15) is 13.2 Å². The van der Waals surface area contributed by atoms with Gasteiger partial charge in [0, 0.05) is 35.3 Å². The van der Waals surface area contributed by atoms with Crippen molar-refractivity contribution in [2.75, 3.05) is 25.5 Å². The summed E-state index contributed by atoms with van der Waals surface area (Å²) in [4.78, 5) is 12.9. The van der Waals surface area contributed by atoms with E-state index in [0.717, 1.165) is 27.3 Å². The van der Waals surface area contributed by atoms with Crippen LogP contribution in [0.1, 0.15) is 5.56 Å². The second-order valence-corrected chi connectivity index (χ2v) is 11.0. The molecule has 0 fully saturated rings. The molecule has 0 radical (unpaired) electrons. The Morgan fingerprint density at radius 2 is 1.68 bits per heavy atom. The second kappa shape index (κ2) is 12.4. The van der Waals surface area contributed by atoms with Crippen LogP contribution in [0, 0.1) is 0 Å². The van der Waals surface area contributed by atoms with Crippen LogP contribution >= 0.6 is 11.3 Å². The molecule has 2 amide bonds. The summed E-state index contributed by atoms with van der Waals surface area (Å²) in [5.41, 5.74) is 2.43. The van der Waals surface area contributed by atoms with Crippen molar-refractivity contribution in [3.8, 4) is 21.9 Å². The van der Waals surface area contributed by atoms with Gasteiger partial charge in [-0.25, -0.2) is 17.9 Å². The van der Waals surface area contributed by atoms with Gasteiger partial charge in [0.2, 0.25) is 10.0 Å². The van der Waals surface area contributed by atoms with Gasteiger partial charge >= 0.3 is 6.03 Å². The standard InChI is InChI=1S/C27H27N3O5S2/c1-34-22-11-7-10-21(18-22)30-27(31)28-16-17-29-37(32,33)26-15-14-25(36-26)23-12-5-6-13-24(23)35-19-20-8-3-2-4-9-20/h2-15,18,29H,16-17,19H2,1H3,(H2,28,30,31). The first kappa shape index (κ1) is 26.2. The lowest BCUT2D eigenvalue weighted by Crippen LogP contribution is -2.36. The van der Waals surface area contributed by atoms with Crippen molar-refractivity contribution in [2.45, 2.75) is 10.8 Å². The average molecular weight is 538 g/mol. The molecule has 0 atom stereocenters. The number of amides is 2. The van der Waals surface area contributed by atoms with Crippen LogP contribution in [-0.2, 0) is 16.6 Å². The minimum Gasteiger partial charge on any atom is -0.497 e. The summed E-state index contributed by atoms with van der Waals surface area (Å²) in [6.45, 7) is 0.565. The van der Waals surface area contributed by atoms with Crippen molar-refractivity contribution < 1.29 is 22.7 Å². The molecule has 0 aliphatic carbocycles. The average Bonchev–Trinajstić information content (AvgIpc) is 3.42. The Kier molecular flexibility index (Phi) is 8.78. The van der Waals surface area contributed by atoms with Gasteiger partial charge in [0.25, 0.3) is 0 Å². The Hall–Kier alpha value is -3.86. The summed E-state index contributed by atoms with van der Waals surface area (Å²) >= 11 is 1.16. The highest BCUT2D eigenvalue weighted by molar-refractivity contribution is 7.91. The van der Waals surface area contributed by atoms with Crippen molar-refractivity contribution in [1.29, 1.82) is 0 Å². The van der Waals surface area contributed by atoms with Crippen LogP contribution in [-0.4, -0.2) is 34.6 Å². The van der Waals surface area contributed by atoms with Crippen LogP contribution in [0.3, 0.4) is 0 Å². The lowest BCUT2D eigenvalue weighted by Gasteiger charge is -2.10. The molecule has 37 heavy (non-hydrogen) atoms. The Morgan fingerprint density at radius 3 is 2.49 bits per heavy atom. The SMILES string of the molecule is COc1cccc(NC(=O)NCCNS(=O)(=O)c2ccc(-c3ccccc3OCc3ccccc3)s2)c1. The maximum atomic E-state index is 12.8. The van der Waals surface area contributed by atoms with Crippen LogP contribution in [0.2, 0.25) is 0 Å². The van der Waals surface area contributed by atoms with E-state index in [4.69, 9.17) is 9.47 Å². The van der Waals surface area contributed by atoms with E-state index in [0.29, 0.717) is 23.8 Å². The largest absolute Gasteiger partial charge is 0.497 e. The van der Waals surface area contributed by atoms with Crippen LogP contribution in [0.5, 0.6) is 11.5 Å². The summed E-state index contributed by atoms with van der Waals surface area (Å²) in [5.74, 6) is 1.29. The highest BCUT2D eigenvalue weighted by atomic mass is 32.2. The van der Waals surface area contributed by atoms with Crippen molar-refractivity contribution in [2.24, 2.45) is 0 Å². The number of thiophene rings is 1. The fourth-order valence-electron chi connectivity index (χ4n) is 3.45. The number of para-hydroxylation sites is 1. The van der Waals surface area contributed by atoms with Gasteiger partial charge in [-0.05, 0) is 42.0 Å². The third-order valence-electron chi connectivity index (χ3n) is 5.27. The monoisotopic (exact) mass is 537 g/mol. The number of methoxy groups -OCH3 is 1. The summed E-state index contributed by atoms with van der Waals surface area (Å²) in [6.07, 6.45) is 0. The van der Waals surface area contributed by atoms with Gasteiger partial charge in [0.05, 0.1) is 7.11 Å². The minimum atomic E-state index is -3.74. The molecule has 0 aliphatic rings. The summed E-state index contributed by atoms with van der Waals surface area (Å²) < 4.78 is 39.5. The lowest BCUT2D eigenvalue weighted by molar-refractivity contribution is 0.252. The van der Waals surface area contributed by atoms with E-state index >= 15 is 0 Å². The van der Waals surface area contributed by atoms with Crippen molar-refractivity contribution in [3.05, 3.63) is 96.6 Å².